The molecule has 3 amide bonds. The zero-order valence-electron chi connectivity index (χ0n) is 19.9. The van der Waals surface area contributed by atoms with Gasteiger partial charge in [-0.3, -0.25) is 29.4 Å². The topological polar surface area (TPSA) is 128 Å². The number of anilines is 1. The molecule has 12 heteroatoms. The van der Waals surface area contributed by atoms with Crippen molar-refractivity contribution in [1.82, 2.24) is 4.90 Å². The summed E-state index contributed by atoms with van der Waals surface area (Å²) >= 11 is 2.89. The maximum atomic E-state index is 12.8. The Bertz CT molecular complexity index is 1440. The van der Waals surface area contributed by atoms with Gasteiger partial charge in [-0.05, 0) is 88.0 Å². The third-order valence-corrected chi connectivity index (χ3v) is 6.93. The number of benzene rings is 3. The van der Waals surface area contributed by atoms with E-state index in [1.807, 2.05) is 12.1 Å². The molecule has 0 aliphatic carbocycles. The lowest BCUT2D eigenvalue weighted by atomic mass is 10.1. The van der Waals surface area contributed by atoms with Crippen LogP contribution in [0.1, 0.15) is 11.1 Å². The second-order valence-electron chi connectivity index (χ2n) is 7.95. The average Bonchev–Trinajstić information content (AvgIpc) is 3.16. The Morgan fingerprint density at radius 2 is 1.87 bits per heavy atom. The largest absolute Gasteiger partial charge is 0.493 e. The molecule has 3 aromatic rings. The highest BCUT2D eigenvalue weighted by molar-refractivity contribution is 14.1. The van der Waals surface area contributed by atoms with Crippen molar-refractivity contribution in [1.29, 1.82) is 0 Å². The van der Waals surface area contributed by atoms with Gasteiger partial charge in [-0.15, -0.1) is 0 Å². The number of nitro benzene ring substituents is 1. The molecule has 38 heavy (non-hydrogen) atoms. The number of nitro groups is 1. The summed E-state index contributed by atoms with van der Waals surface area (Å²) in [7, 11) is 1.46. The van der Waals surface area contributed by atoms with Gasteiger partial charge in [0.05, 0.1) is 16.9 Å². The molecule has 1 fully saturated rings. The van der Waals surface area contributed by atoms with E-state index in [4.69, 9.17) is 9.47 Å². The lowest BCUT2D eigenvalue weighted by Gasteiger charge is -2.13. The number of thioether (sulfide) groups is 1. The highest BCUT2D eigenvalue weighted by Gasteiger charge is 2.36. The van der Waals surface area contributed by atoms with Crippen molar-refractivity contribution >= 4 is 68.9 Å². The Kier molecular flexibility index (Phi) is 8.63. The third kappa shape index (κ3) is 6.69. The Morgan fingerprint density at radius 1 is 1.11 bits per heavy atom. The summed E-state index contributed by atoms with van der Waals surface area (Å²) in [6.45, 7) is -0.317. The van der Waals surface area contributed by atoms with Crippen molar-refractivity contribution in [2.45, 2.75) is 6.61 Å². The van der Waals surface area contributed by atoms with Gasteiger partial charge in [0.1, 0.15) is 13.2 Å². The fourth-order valence-electron chi connectivity index (χ4n) is 3.48. The average molecular weight is 645 g/mol. The van der Waals surface area contributed by atoms with Gasteiger partial charge >= 0.3 is 0 Å². The van der Waals surface area contributed by atoms with Crippen LogP contribution in [0.5, 0.6) is 11.5 Å². The van der Waals surface area contributed by atoms with Crippen molar-refractivity contribution in [3.05, 3.63) is 96.4 Å². The number of hydrogen-bond acceptors (Lipinski definition) is 8. The molecular formula is C26H20IN3O7S. The third-order valence-electron chi connectivity index (χ3n) is 5.30. The van der Waals surface area contributed by atoms with Gasteiger partial charge < -0.3 is 14.8 Å². The molecule has 0 unspecified atom stereocenters. The Morgan fingerprint density at radius 3 is 2.58 bits per heavy atom. The Balaban J connectivity index is 1.42. The first-order chi connectivity index (χ1) is 18.2. The second-order valence-corrected chi connectivity index (χ2v) is 10.2. The van der Waals surface area contributed by atoms with Gasteiger partial charge in [0.25, 0.3) is 16.8 Å². The summed E-state index contributed by atoms with van der Waals surface area (Å²) in [5.41, 5.74) is 1.73. The molecule has 3 aromatic carbocycles. The minimum Gasteiger partial charge on any atom is -0.493 e. The van der Waals surface area contributed by atoms with Gasteiger partial charge in [0, 0.05) is 21.4 Å². The predicted octanol–water partition coefficient (Wildman–Crippen LogP) is 5.46. The molecule has 0 atom stereocenters. The summed E-state index contributed by atoms with van der Waals surface area (Å²) in [5, 5.41) is 13.1. The summed E-state index contributed by atoms with van der Waals surface area (Å²) in [6.07, 6.45) is 1.54. The van der Waals surface area contributed by atoms with Crippen LogP contribution in [0.25, 0.3) is 6.08 Å². The molecule has 1 saturated heterocycles. The Hall–Kier alpha value is -3.91. The van der Waals surface area contributed by atoms with E-state index >= 15 is 0 Å². The van der Waals surface area contributed by atoms with E-state index in [0.717, 1.165) is 20.2 Å². The lowest BCUT2D eigenvalue weighted by molar-refractivity contribution is -0.384. The molecule has 1 heterocycles. The molecule has 1 N–H and O–H groups in total. The van der Waals surface area contributed by atoms with Gasteiger partial charge in [-0.2, -0.15) is 0 Å². The quantitative estimate of drug-likeness (QED) is 0.141. The molecule has 4 rings (SSSR count). The minimum atomic E-state index is -0.567. The first kappa shape index (κ1) is 27.1. The number of nitrogens with one attached hydrogen (secondary N) is 1. The molecule has 0 radical (unpaired) electrons. The van der Waals surface area contributed by atoms with Crippen molar-refractivity contribution in [3.63, 3.8) is 0 Å². The number of carbonyl (C=O) groups is 3. The van der Waals surface area contributed by atoms with Crippen LogP contribution in [-0.2, 0) is 16.2 Å². The first-order valence-electron chi connectivity index (χ1n) is 11.1. The van der Waals surface area contributed by atoms with Crippen LogP contribution >= 0.6 is 34.4 Å². The fourth-order valence-corrected chi connectivity index (χ4v) is 4.68. The molecular weight excluding hydrogens is 625 g/mol. The van der Waals surface area contributed by atoms with Crippen molar-refractivity contribution in [2.24, 2.45) is 0 Å². The summed E-state index contributed by atoms with van der Waals surface area (Å²) in [6, 6.07) is 18.2. The van der Waals surface area contributed by atoms with Crippen LogP contribution in [0.4, 0.5) is 16.2 Å². The molecule has 1 aliphatic heterocycles. The molecule has 194 valence electrons. The van der Waals surface area contributed by atoms with E-state index in [-0.39, 0.29) is 17.2 Å². The minimum absolute atomic E-state index is 0.0327. The summed E-state index contributed by atoms with van der Waals surface area (Å²) in [5.74, 6) is -0.277. The van der Waals surface area contributed by atoms with E-state index < -0.39 is 28.5 Å². The summed E-state index contributed by atoms with van der Waals surface area (Å²) < 4.78 is 12.2. The maximum absolute atomic E-state index is 12.8. The highest BCUT2D eigenvalue weighted by atomic mass is 127. The number of imide groups is 1. The van der Waals surface area contributed by atoms with Gasteiger partial charge in [0.2, 0.25) is 5.91 Å². The zero-order valence-corrected chi connectivity index (χ0v) is 22.9. The zero-order chi connectivity index (χ0) is 27.2. The first-order valence-corrected chi connectivity index (χ1v) is 13.0. The molecule has 1 aliphatic rings. The number of rotatable bonds is 9. The van der Waals surface area contributed by atoms with Gasteiger partial charge in [-0.1, -0.05) is 18.2 Å². The van der Waals surface area contributed by atoms with E-state index in [2.05, 4.69) is 27.9 Å². The number of non-ortho nitro benzene ring substituents is 1. The lowest BCUT2D eigenvalue weighted by Crippen LogP contribution is -2.36. The van der Waals surface area contributed by atoms with E-state index in [1.165, 1.54) is 25.3 Å². The number of nitrogens with zero attached hydrogens (tertiary/aromatic N) is 2. The van der Waals surface area contributed by atoms with Crippen molar-refractivity contribution in [3.8, 4) is 11.5 Å². The van der Waals surface area contributed by atoms with Gasteiger partial charge in [0.15, 0.2) is 11.5 Å². The van der Waals surface area contributed by atoms with Crippen LogP contribution in [-0.4, -0.2) is 40.5 Å². The number of halogens is 1. The molecule has 0 spiro atoms. The smallest absolute Gasteiger partial charge is 0.294 e. The van der Waals surface area contributed by atoms with Crippen LogP contribution in [0.3, 0.4) is 0 Å². The molecule has 0 bridgehead atoms. The molecule has 0 aromatic heterocycles. The van der Waals surface area contributed by atoms with E-state index in [1.54, 1.807) is 42.5 Å². The van der Waals surface area contributed by atoms with Crippen LogP contribution in [0.2, 0.25) is 0 Å². The van der Waals surface area contributed by atoms with Gasteiger partial charge in [-0.25, -0.2) is 0 Å². The molecule has 10 nitrogen and oxygen atoms in total. The van der Waals surface area contributed by atoms with Crippen LogP contribution < -0.4 is 14.8 Å². The van der Waals surface area contributed by atoms with Crippen molar-refractivity contribution < 1.29 is 28.8 Å². The number of carbonyl (C=O) groups excluding carboxylic acids is 3. The summed E-state index contributed by atoms with van der Waals surface area (Å²) in [4.78, 5) is 49.2. The fraction of sp³-hybridized carbons (Fsp3) is 0.115. The SMILES string of the molecule is COc1cc(/C=C2\SC(=O)N(CC(=O)Nc3ccc(I)cc3)C2=O)ccc1OCc1cccc([N+](=O)[O-])c1. The van der Waals surface area contributed by atoms with Crippen molar-refractivity contribution in [2.75, 3.05) is 19.0 Å². The normalized spacial score (nSPS) is 14.1. The monoisotopic (exact) mass is 645 g/mol. The number of ether oxygens (including phenoxy) is 2. The standard InChI is InChI=1S/C26H20IN3O7S/c1-36-22-12-16(5-10-21(22)37-15-17-3-2-4-20(11-17)30(34)35)13-23-25(32)29(26(33)38-23)14-24(31)28-19-8-6-18(27)7-9-19/h2-13H,14-15H2,1H3,(H,28,31)/b23-13-. The predicted molar refractivity (Wildman–Crippen MR) is 151 cm³/mol. The molecule has 0 saturated carbocycles. The van der Waals surface area contributed by atoms with Crippen LogP contribution in [0.15, 0.2) is 71.6 Å². The Labute approximate surface area is 235 Å². The second kappa shape index (κ2) is 12.1. The van der Waals surface area contributed by atoms with Crippen LogP contribution in [0, 0.1) is 13.7 Å². The van der Waals surface area contributed by atoms with E-state index in [0.29, 0.717) is 28.3 Å². The number of amides is 3. The number of hydrogen-bond donors (Lipinski definition) is 1. The highest BCUT2D eigenvalue weighted by Crippen LogP contribution is 2.35. The van der Waals surface area contributed by atoms with E-state index in [9.17, 15) is 24.5 Å². The number of methoxy groups -OCH3 is 1. The maximum Gasteiger partial charge on any atom is 0.294 e.